The third-order valence-electron chi connectivity index (χ3n) is 5.21. The van der Waals surface area contributed by atoms with Crippen molar-refractivity contribution in [2.24, 2.45) is 0 Å². The molecule has 26 heavy (non-hydrogen) atoms. The molecule has 0 unspecified atom stereocenters. The smallest absolute Gasteiger partial charge is 0.00671 e. The van der Waals surface area contributed by atoms with Crippen LogP contribution in [0.15, 0.2) is 72.4 Å². The van der Waals surface area contributed by atoms with Gasteiger partial charge in [-0.1, -0.05) is 118 Å². The van der Waals surface area contributed by atoms with E-state index in [4.69, 9.17) is 0 Å². The zero-order valence-corrected chi connectivity index (χ0v) is 16.4. The third kappa shape index (κ3) is 10.4. The van der Waals surface area contributed by atoms with Crippen LogP contribution in [-0.2, 0) is 0 Å². The van der Waals surface area contributed by atoms with Crippen molar-refractivity contribution in [3.63, 3.8) is 0 Å². The van der Waals surface area contributed by atoms with Gasteiger partial charge in [-0.25, -0.2) is 0 Å². The highest BCUT2D eigenvalue weighted by Crippen LogP contribution is 2.17. The summed E-state index contributed by atoms with van der Waals surface area (Å²) in [5.41, 5.74) is 1.38. The number of allylic oxidation sites excluding steroid dienone is 11. The first-order valence-corrected chi connectivity index (χ1v) is 10.7. The average molecular weight is 352 g/mol. The summed E-state index contributed by atoms with van der Waals surface area (Å²) in [5, 5.41) is 3.85. The van der Waals surface area contributed by atoms with Gasteiger partial charge in [-0.3, -0.25) is 0 Å². The third-order valence-corrected chi connectivity index (χ3v) is 5.21. The Morgan fingerprint density at radius 2 is 1.12 bits per heavy atom. The van der Waals surface area contributed by atoms with Crippen molar-refractivity contribution in [3.8, 4) is 0 Å². The molecule has 0 aromatic rings. The van der Waals surface area contributed by atoms with Crippen LogP contribution in [0.4, 0.5) is 0 Å². The highest BCUT2D eigenvalue weighted by Gasteiger charge is 2.09. The summed E-state index contributed by atoms with van der Waals surface area (Å²) < 4.78 is 0. The van der Waals surface area contributed by atoms with E-state index < -0.39 is 0 Å². The van der Waals surface area contributed by atoms with E-state index in [0.29, 0.717) is 6.04 Å². The molecule has 0 amide bonds. The Bertz CT molecular complexity index is 518. The molecule has 1 heteroatoms. The van der Waals surface area contributed by atoms with Gasteiger partial charge in [-0.05, 0) is 31.4 Å². The fraction of sp³-hybridized carbons (Fsp3) is 0.520. The topological polar surface area (TPSA) is 12.0 Å². The number of hydrogen-bond donors (Lipinski definition) is 1. The lowest BCUT2D eigenvalue weighted by molar-refractivity contribution is 0.425. The summed E-state index contributed by atoms with van der Waals surface area (Å²) >= 11 is 0. The zero-order valence-electron chi connectivity index (χ0n) is 16.4. The second-order valence-electron chi connectivity index (χ2n) is 7.45. The summed E-state index contributed by atoms with van der Waals surface area (Å²) in [4.78, 5) is 0. The predicted octanol–water partition coefficient (Wildman–Crippen LogP) is 6.97. The minimum absolute atomic E-state index is 0.715. The summed E-state index contributed by atoms with van der Waals surface area (Å²) in [5.74, 6) is 0. The van der Waals surface area contributed by atoms with Gasteiger partial charge < -0.3 is 5.32 Å². The van der Waals surface area contributed by atoms with Gasteiger partial charge in [0.25, 0.3) is 0 Å². The van der Waals surface area contributed by atoms with Crippen LogP contribution >= 0.6 is 0 Å². The van der Waals surface area contributed by atoms with Crippen molar-refractivity contribution in [3.05, 3.63) is 72.4 Å². The van der Waals surface area contributed by atoms with Crippen LogP contribution in [-0.4, -0.2) is 12.6 Å². The van der Waals surface area contributed by atoms with Crippen molar-refractivity contribution < 1.29 is 0 Å². The number of rotatable bonds is 4. The van der Waals surface area contributed by atoms with Crippen molar-refractivity contribution in [1.29, 1.82) is 0 Å². The fourth-order valence-corrected chi connectivity index (χ4v) is 3.64. The molecule has 1 saturated carbocycles. The van der Waals surface area contributed by atoms with Crippen LogP contribution in [0.25, 0.3) is 0 Å². The second-order valence-corrected chi connectivity index (χ2v) is 7.45. The van der Waals surface area contributed by atoms with Crippen LogP contribution in [0.3, 0.4) is 0 Å². The van der Waals surface area contributed by atoms with E-state index in [1.54, 1.807) is 0 Å². The molecule has 0 aromatic carbocycles. The molecule has 0 spiro atoms. The van der Waals surface area contributed by atoms with E-state index in [1.807, 2.05) is 6.08 Å². The van der Waals surface area contributed by atoms with Gasteiger partial charge >= 0.3 is 0 Å². The lowest BCUT2D eigenvalue weighted by Crippen LogP contribution is -2.30. The Morgan fingerprint density at radius 3 is 1.73 bits per heavy atom. The molecule has 2 rings (SSSR count). The Labute approximate surface area is 161 Å². The molecule has 1 nitrogen and oxygen atoms in total. The summed E-state index contributed by atoms with van der Waals surface area (Å²) in [7, 11) is 0. The van der Waals surface area contributed by atoms with E-state index in [-0.39, 0.29) is 0 Å². The van der Waals surface area contributed by atoms with Crippen LogP contribution in [0, 0.1) is 0 Å². The molecule has 0 bridgehead atoms. The molecule has 2 aliphatic carbocycles. The molecule has 0 saturated heterocycles. The summed E-state index contributed by atoms with van der Waals surface area (Å²) in [6.07, 6.45) is 38.5. The summed E-state index contributed by atoms with van der Waals surface area (Å²) in [6, 6.07) is 0.715. The van der Waals surface area contributed by atoms with Gasteiger partial charge in [-0.2, -0.15) is 0 Å². The van der Waals surface area contributed by atoms with Gasteiger partial charge in [0.2, 0.25) is 0 Å². The first-order chi connectivity index (χ1) is 12.9. The van der Waals surface area contributed by atoms with Gasteiger partial charge in [0.1, 0.15) is 0 Å². The SMILES string of the molecule is C1=C\C=C/C=C(CCNC2CCCCCCCCCC2)\C=C/C=C/C=C1. The van der Waals surface area contributed by atoms with Crippen LogP contribution in [0.5, 0.6) is 0 Å². The lowest BCUT2D eigenvalue weighted by Gasteiger charge is -2.18. The molecule has 0 atom stereocenters. The molecule has 0 aromatic heterocycles. The van der Waals surface area contributed by atoms with Gasteiger partial charge in [-0.15, -0.1) is 0 Å². The average Bonchev–Trinajstić information content (AvgIpc) is 2.70. The first-order valence-electron chi connectivity index (χ1n) is 10.7. The van der Waals surface area contributed by atoms with Crippen LogP contribution < -0.4 is 5.32 Å². The van der Waals surface area contributed by atoms with Crippen LogP contribution in [0.2, 0.25) is 0 Å². The van der Waals surface area contributed by atoms with Gasteiger partial charge in [0, 0.05) is 6.04 Å². The van der Waals surface area contributed by atoms with E-state index in [2.05, 4.69) is 66.1 Å². The fourth-order valence-electron chi connectivity index (χ4n) is 3.64. The van der Waals surface area contributed by atoms with E-state index >= 15 is 0 Å². The van der Waals surface area contributed by atoms with Gasteiger partial charge in [0.15, 0.2) is 0 Å². The Hall–Kier alpha value is -1.60. The molecular formula is C25H37N. The minimum atomic E-state index is 0.715. The van der Waals surface area contributed by atoms with E-state index in [1.165, 1.54) is 69.8 Å². The Kier molecular flexibility index (Phi) is 11.6. The van der Waals surface area contributed by atoms with Crippen molar-refractivity contribution in [1.82, 2.24) is 5.32 Å². The monoisotopic (exact) mass is 351 g/mol. The molecule has 142 valence electrons. The second kappa shape index (κ2) is 14.6. The molecule has 0 heterocycles. The molecule has 2 aliphatic rings. The molecular weight excluding hydrogens is 314 g/mol. The maximum absolute atomic E-state index is 3.85. The molecule has 0 aliphatic heterocycles. The highest BCUT2D eigenvalue weighted by atomic mass is 14.9. The normalized spacial score (nSPS) is 26.5. The highest BCUT2D eigenvalue weighted by molar-refractivity contribution is 5.29. The predicted molar refractivity (Wildman–Crippen MR) is 116 cm³/mol. The summed E-state index contributed by atoms with van der Waals surface area (Å²) in [6.45, 7) is 1.08. The van der Waals surface area contributed by atoms with Crippen molar-refractivity contribution in [2.45, 2.75) is 76.7 Å². The number of nitrogens with one attached hydrogen (secondary N) is 1. The molecule has 1 N–H and O–H groups in total. The first kappa shape index (κ1) is 20.7. The quantitative estimate of drug-likeness (QED) is 0.576. The van der Waals surface area contributed by atoms with Gasteiger partial charge in [0.05, 0.1) is 0 Å². The Balaban J connectivity index is 1.80. The largest absolute Gasteiger partial charge is 0.314 e. The van der Waals surface area contributed by atoms with E-state index in [0.717, 1.165) is 13.0 Å². The molecule has 0 radical (unpaired) electrons. The van der Waals surface area contributed by atoms with E-state index in [9.17, 15) is 0 Å². The molecule has 1 fully saturated rings. The zero-order chi connectivity index (χ0) is 18.1. The Morgan fingerprint density at radius 1 is 0.615 bits per heavy atom. The van der Waals surface area contributed by atoms with Crippen molar-refractivity contribution >= 4 is 0 Å². The maximum atomic E-state index is 3.85. The van der Waals surface area contributed by atoms with Crippen molar-refractivity contribution in [2.75, 3.05) is 6.54 Å². The maximum Gasteiger partial charge on any atom is 0.00671 e. The van der Waals surface area contributed by atoms with Crippen LogP contribution in [0.1, 0.15) is 70.6 Å². The standard InChI is InChI=1S/C25H37N/c1-2-6-10-14-18-24(19-15-11-7-3-1)22-23-26-25-20-16-12-8-4-5-9-13-17-21-25/h1-3,6-7,10-11,14-15,18-19,25-26H,4-5,8-9,12-13,16-17,20-23H2/b2-1?,3-1?,6-2?,7-3?,10-6+,11-7?,14-10?,15-11-,18-14-,19-15?,24-18?,24-19+. The number of hydrogen-bond acceptors (Lipinski definition) is 1. The lowest BCUT2D eigenvalue weighted by atomic mass is 10.0. The minimum Gasteiger partial charge on any atom is -0.314 e.